The van der Waals surface area contributed by atoms with E-state index in [0.717, 1.165) is 5.57 Å². The smallest absolute Gasteiger partial charge is 0.255 e. The van der Waals surface area contributed by atoms with Gasteiger partial charge in [0.25, 0.3) is 11.8 Å². The molecule has 3 saturated heterocycles. The second-order valence-corrected chi connectivity index (χ2v) is 4.59. The summed E-state index contributed by atoms with van der Waals surface area (Å²) in [7, 11) is 0. The molecule has 3 heterocycles. The molecule has 3 aliphatic rings. The molecule has 0 aromatic rings. The van der Waals surface area contributed by atoms with Gasteiger partial charge in [0.05, 0.1) is 12.5 Å². The van der Waals surface area contributed by atoms with Crippen molar-refractivity contribution in [1.29, 1.82) is 0 Å². The van der Waals surface area contributed by atoms with Gasteiger partial charge in [-0.3, -0.25) is 19.7 Å². The fourth-order valence-electron chi connectivity index (χ4n) is 2.16. The second-order valence-electron chi connectivity index (χ2n) is 4.59. The monoisotopic (exact) mass is 236 g/mol. The molecule has 0 aromatic heterocycles. The molecule has 3 amide bonds. The Balaban J connectivity index is 1.64. The van der Waals surface area contributed by atoms with Crippen LogP contribution in [0.4, 0.5) is 0 Å². The molecule has 2 atom stereocenters. The van der Waals surface area contributed by atoms with Crippen LogP contribution >= 0.6 is 0 Å². The third-order valence-electron chi connectivity index (χ3n) is 3.32. The van der Waals surface area contributed by atoms with Crippen LogP contribution in [0.2, 0.25) is 0 Å². The van der Waals surface area contributed by atoms with Crippen LogP contribution < -0.4 is 5.32 Å². The zero-order valence-corrected chi connectivity index (χ0v) is 9.36. The number of epoxide rings is 1. The summed E-state index contributed by atoms with van der Waals surface area (Å²) in [6, 6.07) is 0. The summed E-state index contributed by atoms with van der Waals surface area (Å²) in [6.07, 6.45) is -0.150. The van der Waals surface area contributed by atoms with Crippen LogP contribution in [0.3, 0.4) is 0 Å². The molecular formula is C11H12N2O4. The highest BCUT2D eigenvalue weighted by molar-refractivity contribution is 6.14. The van der Waals surface area contributed by atoms with Crippen LogP contribution in [0.5, 0.6) is 0 Å². The Kier molecular flexibility index (Phi) is 2.09. The molecule has 3 aliphatic heterocycles. The molecule has 0 unspecified atom stereocenters. The van der Waals surface area contributed by atoms with Crippen molar-refractivity contribution in [2.24, 2.45) is 0 Å². The molecule has 0 radical (unpaired) electrons. The molecule has 3 fully saturated rings. The van der Waals surface area contributed by atoms with Crippen LogP contribution in [0, 0.1) is 0 Å². The van der Waals surface area contributed by atoms with E-state index in [-0.39, 0.29) is 36.4 Å². The Morgan fingerprint density at radius 2 is 2.06 bits per heavy atom. The van der Waals surface area contributed by atoms with Gasteiger partial charge in [-0.25, -0.2) is 0 Å². The zero-order valence-electron chi connectivity index (χ0n) is 9.36. The first-order valence-electron chi connectivity index (χ1n) is 5.55. The van der Waals surface area contributed by atoms with Gasteiger partial charge in [0.2, 0.25) is 5.91 Å². The summed E-state index contributed by atoms with van der Waals surface area (Å²) < 4.78 is 5.09. The number of rotatable bonds is 1. The molecule has 6 nitrogen and oxygen atoms in total. The lowest BCUT2D eigenvalue weighted by Crippen LogP contribution is -2.47. The topological polar surface area (TPSA) is 79.0 Å². The lowest BCUT2D eigenvalue weighted by atomic mass is 9.99. The Bertz CT molecular complexity index is 460. The second kappa shape index (κ2) is 3.40. The summed E-state index contributed by atoms with van der Waals surface area (Å²) in [5, 5.41) is 2.24. The van der Waals surface area contributed by atoms with Crippen LogP contribution in [-0.2, 0) is 19.1 Å². The number of hydrogen-bond donors (Lipinski definition) is 1. The van der Waals surface area contributed by atoms with E-state index in [1.165, 1.54) is 0 Å². The van der Waals surface area contributed by atoms with Crippen molar-refractivity contribution < 1.29 is 19.1 Å². The van der Waals surface area contributed by atoms with Crippen molar-refractivity contribution in [1.82, 2.24) is 10.2 Å². The van der Waals surface area contributed by atoms with Gasteiger partial charge in [0.1, 0.15) is 0 Å². The summed E-state index contributed by atoms with van der Waals surface area (Å²) in [4.78, 5) is 35.8. The first kappa shape index (κ1) is 10.5. The molecule has 3 rings (SSSR count). The normalized spacial score (nSPS) is 31.5. The maximum atomic E-state index is 11.7. The predicted octanol–water partition coefficient (Wildman–Crippen LogP) is -1.04. The number of carbonyl (C=O) groups is 3. The van der Waals surface area contributed by atoms with Crippen molar-refractivity contribution in [3.8, 4) is 0 Å². The third-order valence-corrected chi connectivity index (χ3v) is 3.32. The van der Waals surface area contributed by atoms with Crippen molar-refractivity contribution in [3.05, 3.63) is 11.1 Å². The Morgan fingerprint density at radius 1 is 1.41 bits per heavy atom. The van der Waals surface area contributed by atoms with Gasteiger partial charge in [-0.05, 0) is 12.5 Å². The first-order valence-corrected chi connectivity index (χ1v) is 5.55. The quantitative estimate of drug-likeness (QED) is 0.358. The number of ether oxygens (including phenoxy) is 1. The molecule has 6 heteroatoms. The van der Waals surface area contributed by atoms with E-state index in [2.05, 4.69) is 5.32 Å². The number of nitrogens with zero attached hydrogens (tertiary/aromatic N) is 1. The lowest BCUT2D eigenvalue weighted by Gasteiger charge is -2.34. The van der Waals surface area contributed by atoms with E-state index in [1.807, 2.05) is 6.92 Å². The largest absolute Gasteiger partial charge is 0.359 e. The zero-order chi connectivity index (χ0) is 12.2. The van der Waals surface area contributed by atoms with E-state index in [4.69, 9.17) is 4.74 Å². The molecule has 0 saturated carbocycles. The molecule has 90 valence electrons. The number of imide groups is 1. The van der Waals surface area contributed by atoms with Gasteiger partial charge >= 0.3 is 0 Å². The highest BCUT2D eigenvalue weighted by Crippen LogP contribution is 2.29. The summed E-state index contributed by atoms with van der Waals surface area (Å²) >= 11 is 0. The molecule has 17 heavy (non-hydrogen) atoms. The number of carbonyl (C=O) groups excluding carboxylic acids is 3. The minimum absolute atomic E-state index is 0.00978. The average Bonchev–Trinajstić information content (AvgIpc) is 2.82. The van der Waals surface area contributed by atoms with E-state index < -0.39 is 0 Å². The fraction of sp³-hybridized carbons (Fsp3) is 0.545. The lowest BCUT2D eigenvalue weighted by molar-refractivity contribution is -0.134. The first-order chi connectivity index (χ1) is 8.06. The standard InChI is InChI=1S/C11H12N2O4/c1-5-9(17-5)11(16)13-3-6(4-13)7-2-8(14)12-10(7)15/h5,9H,2-4H2,1H3,(H,12,14,15)/t5-,9+/m0/s1. The Hall–Kier alpha value is -1.69. The molecular weight excluding hydrogens is 224 g/mol. The van der Waals surface area contributed by atoms with Crippen molar-refractivity contribution in [3.63, 3.8) is 0 Å². The summed E-state index contributed by atoms with van der Waals surface area (Å²) in [5.74, 6) is -0.596. The minimum Gasteiger partial charge on any atom is -0.359 e. The maximum absolute atomic E-state index is 11.7. The number of amides is 3. The molecule has 0 spiro atoms. The van der Waals surface area contributed by atoms with Gasteiger partial charge < -0.3 is 9.64 Å². The Morgan fingerprint density at radius 3 is 2.53 bits per heavy atom. The predicted molar refractivity (Wildman–Crippen MR) is 55.7 cm³/mol. The number of likely N-dealkylation sites (tertiary alicyclic amines) is 1. The molecule has 0 aromatic carbocycles. The SMILES string of the molecule is C[C@@H]1O[C@H]1C(=O)N1CC(=C2CC(=O)NC2=O)C1. The molecule has 1 N–H and O–H groups in total. The van der Waals surface area contributed by atoms with Crippen molar-refractivity contribution >= 4 is 17.7 Å². The van der Waals surface area contributed by atoms with E-state index in [9.17, 15) is 14.4 Å². The van der Waals surface area contributed by atoms with Crippen LogP contribution in [0.25, 0.3) is 0 Å². The van der Waals surface area contributed by atoms with Gasteiger partial charge in [0, 0.05) is 18.7 Å². The third kappa shape index (κ3) is 1.64. The van der Waals surface area contributed by atoms with E-state index >= 15 is 0 Å². The van der Waals surface area contributed by atoms with Crippen molar-refractivity contribution in [2.45, 2.75) is 25.6 Å². The number of hydrogen-bond acceptors (Lipinski definition) is 4. The van der Waals surface area contributed by atoms with Crippen LogP contribution in [0.1, 0.15) is 13.3 Å². The summed E-state index contributed by atoms with van der Waals surface area (Å²) in [5.41, 5.74) is 1.42. The molecule has 0 bridgehead atoms. The Labute approximate surface area is 97.6 Å². The van der Waals surface area contributed by atoms with Gasteiger partial charge in [-0.1, -0.05) is 0 Å². The summed E-state index contributed by atoms with van der Waals surface area (Å²) in [6.45, 7) is 2.74. The van der Waals surface area contributed by atoms with Crippen LogP contribution in [-0.4, -0.2) is 47.9 Å². The van der Waals surface area contributed by atoms with Gasteiger partial charge in [-0.2, -0.15) is 0 Å². The van der Waals surface area contributed by atoms with E-state index in [1.54, 1.807) is 4.90 Å². The number of nitrogens with one attached hydrogen (secondary N) is 1. The average molecular weight is 236 g/mol. The highest BCUT2D eigenvalue weighted by atomic mass is 16.6. The molecule has 0 aliphatic carbocycles. The van der Waals surface area contributed by atoms with Crippen molar-refractivity contribution in [2.75, 3.05) is 13.1 Å². The fourth-order valence-corrected chi connectivity index (χ4v) is 2.16. The van der Waals surface area contributed by atoms with Crippen LogP contribution in [0.15, 0.2) is 11.1 Å². The maximum Gasteiger partial charge on any atom is 0.255 e. The van der Waals surface area contributed by atoms with E-state index in [0.29, 0.717) is 18.7 Å². The van der Waals surface area contributed by atoms with Gasteiger partial charge in [-0.15, -0.1) is 0 Å². The van der Waals surface area contributed by atoms with Gasteiger partial charge in [0.15, 0.2) is 6.10 Å². The highest BCUT2D eigenvalue weighted by Gasteiger charge is 2.46. The minimum atomic E-state index is -0.312.